The lowest BCUT2D eigenvalue weighted by Crippen LogP contribution is -2.30. The van der Waals surface area contributed by atoms with Crippen LogP contribution in [-0.2, 0) is 18.3 Å². The highest BCUT2D eigenvalue weighted by molar-refractivity contribution is 6.19. The van der Waals surface area contributed by atoms with E-state index in [9.17, 15) is 5.26 Å². The number of fused-ring (bicyclic) bond motifs is 21. The molecule has 12 nitrogen and oxygen atoms in total. The minimum Gasteiger partial charge on any atom is -0.456 e. The molecule has 2 aliphatic carbocycles. The Labute approximate surface area is 823 Å². The van der Waals surface area contributed by atoms with Crippen molar-refractivity contribution in [3.05, 3.63) is 529 Å². The van der Waals surface area contributed by atoms with Crippen LogP contribution in [0.3, 0.4) is 0 Å². The van der Waals surface area contributed by atoms with E-state index in [-0.39, 0.29) is 0 Å². The van der Waals surface area contributed by atoms with Crippen molar-refractivity contribution in [3.8, 4) is 114 Å². The Balaban J connectivity index is 0.000000108. The minimum absolute atomic E-state index is 0.527. The van der Waals surface area contributed by atoms with E-state index in [1.54, 1.807) is 6.07 Å². The average molecular weight is 1830 g/mol. The second-order valence-electron chi connectivity index (χ2n) is 36.8. The molecule has 143 heavy (non-hydrogen) atoms. The number of rotatable bonds is 13. The molecule has 0 amide bonds. The SMILES string of the molecule is N#Cc1cccc(-c2nc(-c3ccccc3)nc(-c3cccc(-n4c5ccccc5c5ccc6c(c54)Cc4ccccc4-6)c3)n2)c1.c1ccc(-c2ccc3c(c2)c2cc4c(cc2n3-c2nc(-c3ccccc3)c3ccccc3n2)-c2ccccc2C4)cc1.c1ccc(-c2nc(-n3c4ccc(C(c5ccccc5)(c5ccccc5)c5ccccc5)cc4c4cc5oc6ccccc6c5cc43)nc3ccccc23)cc1. The number of furan rings is 1. The second-order valence-corrected chi connectivity index (χ2v) is 36.8. The number of hydrogen-bond donors (Lipinski definition) is 0. The standard InChI is InChI=1S/C51H33N3O.C41H25N5.C39H25N3/c1-5-17-34(18-6-1)49-40-26-13-15-27-44(40)52-50(53-49)54-45-30-29-38(31-41(45)42-33-48-43(32-46(42)54)39-25-14-16-28-47(39)55-48)51(35-19-7-2-8-20-35,36-21-9-3-10-22-36)37-23-11-4-12-24-37;42-25-26-10-8-14-29(22-26)40-43-39(27-11-2-1-3-12-27)44-41(45-40)30-15-9-16-31(23-30)46-37-19-7-6-18-34(37)35-21-20-33-32-17-5-4-13-28(32)24-36(33)38(35)46;1-3-11-25(12-4-1)27-19-20-36-33(22-27)34-23-29-21-28-15-7-8-16-30(28)32(29)24-37(34)42(36)39-40-35-18-10-9-17-31(35)38(41-39)26-13-5-2-6-14-26/h1-33H;1-23H,24H2;1-20,22-24H,21H2. The van der Waals surface area contributed by atoms with Gasteiger partial charge < -0.3 is 8.98 Å². The molecule has 2 aliphatic rings. The molecule has 7 heterocycles. The number of para-hydroxylation sites is 4. The lowest BCUT2D eigenvalue weighted by Gasteiger charge is -2.37. The van der Waals surface area contributed by atoms with Gasteiger partial charge in [0, 0.05) is 93.8 Å². The summed E-state index contributed by atoms with van der Waals surface area (Å²) < 4.78 is 13.4. The van der Waals surface area contributed by atoms with Crippen molar-refractivity contribution < 1.29 is 4.42 Å². The van der Waals surface area contributed by atoms with Crippen molar-refractivity contribution in [2.75, 3.05) is 0 Å². The first-order chi connectivity index (χ1) is 70.8. The van der Waals surface area contributed by atoms with Crippen molar-refractivity contribution in [1.29, 1.82) is 5.26 Å². The van der Waals surface area contributed by atoms with Crippen molar-refractivity contribution >= 4 is 109 Å². The highest BCUT2D eigenvalue weighted by Crippen LogP contribution is 2.51. The fraction of sp³-hybridized carbons (Fsp3) is 0.0229. The highest BCUT2D eigenvalue weighted by atomic mass is 16.3. The third-order valence-electron chi connectivity index (χ3n) is 28.7. The number of benzene rings is 20. The first kappa shape index (κ1) is 83.2. The van der Waals surface area contributed by atoms with E-state index in [2.05, 4.69) is 414 Å². The van der Waals surface area contributed by atoms with Crippen LogP contribution >= 0.6 is 0 Å². The molecule has 20 aromatic carbocycles. The Morgan fingerprint density at radius 2 is 0.699 bits per heavy atom. The van der Waals surface area contributed by atoms with Crippen LogP contribution in [0.2, 0.25) is 0 Å². The number of aromatic nitrogens is 10. The van der Waals surface area contributed by atoms with Gasteiger partial charge in [-0.3, -0.25) is 9.13 Å². The predicted molar refractivity (Wildman–Crippen MR) is 581 cm³/mol. The summed E-state index contributed by atoms with van der Waals surface area (Å²) in [5, 5.41) is 20.8. The second kappa shape index (κ2) is 34.5. The molecule has 668 valence electrons. The largest absolute Gasteiger partial charge is 0.456 e. The van der Waals surface area contributed by atoms with E-state index in [0.29, 0.717) is 34.9 Å². The van der Waals surface area contributed by atoms with Crippen LogP contribution in [0.15, 0.2) is 484 Å². The molecule has 0 bridgehead atoms. The Bertz CT molecular complexity index is 9700. The molecule has 0 spiro atoms. The van der Waals surface area contributed by atoms with Crippen LogP contribution in [0, 0.1) is 11.3 Å². The first-order valence-corrected chi connectivity index (χ1v) is 48.4. The van der Waals surface area contributed by atoms with Gasteiger partial charge in [-0.15, -0.1) is 0 Å². The molecule has 0 radical (unpaired) electrons. The summed E-state index contributed by atoms with van der Waals surface area (Å²) in [4.78, 5) is 35.9. The van der Waals surface area contributed by atoms with E-state index < -0.39 is 5.41 Å². The Hall–Kier alpha value is -19.2. The summed E-state index contributed by atoms with van der Waals surface area (Å²) in [5.41, 5.74) is 35.6. The Morgan fingerprint density at radius 1 is 0.238 bits per heavy atom. The monoisotopic (exact) mass is 1830 g/mol. The number of hydrogen-bond acceptors (Lipinski definition) is 9. The van der Waals surface area contributed by atoms with Crippen molar-refractivity contribution in [2.45, 2.75) is 18.3 Å². The lowest BCUT2D eigenvalue weighted by atomic mass is 9.65. The van der Waals surface area contributed by atoms with Crippen LogP contribution in [0.4, 0.5) is 0 Å². The van der Waals surface area contributed by atoms with Gasteiger partial charge in [0.05, 0.1) is 72.6 Å². The van der Waals surface area contributed by atoms with Gasteiger partial charge in [-0.1, -0.05) is 382 Å². The summed E-state index contributed by atoms with van der Waals surface area (Å²) in [5.74, 6) is 3.00. The lowest BCUT2D eigenvalue weighted by molar-refractivity contribution is 0.669. The summed E-state index contributed by atoms with van der Waals surface area (Å²) >= 11 is 0. The molecule has 0 unspecified atom stereocenters. The van der Waals surface area contributed by atoms with Crippen LogP contribution in [0.1, 0.15) is 50.1 Å². The van der Waals surface area contributed by atoms with E-state index in [1.807, 2.05) is 78.9 Å². The molecule has 0 N–H and O–H groups in total. The Kier molecular flexibility index (Phi) is 20.1. The summed E-state index contributed by atoms with van der Waals surface area (Å²) in [6.07, 6.45) is 1.86. The Morgan fingerprint density at radius 3 is 1.31 bits per heavy atom. The molecule has 0 atom stereocenters. The van der Waals surface area contributed by atoms with Gasteiger partial charge in [0.15, 0.2) is 17.5 Å². The van der Waals surface area contributed by atoms with E-state index in [0.717, 1.165) is 145 Å². The van der Waals surface area contributed by atoms with Gasteiger partial charge in [0.1, 0.15) is 11.2 Å². The summed E-state index contributed by atoms with van der Waals surface area (Å²) in [7, 11) is 0. The van der Waals surface area contributed by atoms with Gasteiger partial charge in [0.2, 0.25) is 11.9 Å². The highest BCUT2D eigenvalue weighted by Gasteiger charge is 2.40. The molecule has 0 saturated carbocycles. The number of nitrogens with zero attached hydrogens (tertiary/aromatic N) is 11. The van der Waals surface area contributed by atoms with Crippen LogP contribution in [0.25, 0.3) is 217 Å². The van der Waals surface area contributed by atoms with Crippen LogP contribution in [0.5, 0.6) is 0 Å². The zero-order chi connectivity index (χ0) is 94.6. The summed E-state index contributed by atoms with van der Waals surface area (Å²) in [6.45, 7) is 0. The predicted octanol–water partition coefficient (Wildman–Crippen LogP) is 31.7. The van der Waals surface area contributed by atoms with Crippen molar-refractivity contribution in [3.63, 3.8) is 0 Å². The average Bonchev–Trinajstić information content (AvgIpc) is 1.54. The van der Waals surface area contributed by atoms with Gasteiger partial charge in [-0.25, -0.2) is 34.9 Å². The quantitative estimate of drug-likeness (QED) is 0.103. The van der Waals surface area contributed by atoms with Crippen molar-refractivity contribution in [1.82, 2.24) is 48.6 Å². The van der Waals surface area contributed by atoms with Gasteiger partial charge in [-0.05, 0) is 181 Å². The molecule has 0 fully saturated rings. The first-order valence-electron chi connectivity index (χ1n) is 48.4. The zero-order valence-electron chi connectivity index (χ0n) is 77.4. The maximum atomic E-state index is 9.55. The molecule has 12 heteroatoms. The van der Waals surface area contributed by atoms with Gasteiger partial charge in [0.25, 0.3) is 0 Å². The molecule has 7 aromatic heterocycles. The van der Waals surface area contributed by atoms with E-state index in [4.69, 9.17) is 39.3 Å². The third kappa shape index (κ3) is 14.1. The third-order valence-corrected chi connectivity index (χ3v) is 28.7. The van der Waals surface area contributed by atoms with E-state index in [1.165, 1.54) is 99.4 Å². The van der Waals surface area contributed by atoms with Crippen molar-refractivity contribution in [2.24, 2.45) is 0 Å². The van der Waals surface area contributed by atoms with Crippen LogP contribution in [-0.4, -0.2) is 48.6 Å². The summed E-state index contributed by atoms with van der Waals surface area (Å²) in [6, 6.07) is 171. The maximum Gasteiger partial charge on any atom is 0.235 e. The topological polar surface area (TPSA) is 142 Å². The smallest absolute Gasteiger partial charge is 0.235 e. The van der Waals surface area contributed by atoms with E-state index >= 15 is 0 Å². The molecule has 29 rings (SSSR count). The fourth-order valence-corrected chi connectivity index (χ4v) is 22.2. The molecule has 0 saturated heterocycles. The number of nitriles is 1. The fourth-order valence-electron chi connectivity index (χ4n) is 22.2. The van der Waals surface area contributed by atoms with Crippen LogP contribution < -0.4 is 0 Å². The molecule has 27 aromatic rings. The molecular weight excluding hydrogens is 1740 g/mol. The zero-order valence-corrected chi connectivity index (χ0v) is 77.4. The molecular formula is C131H83N11O. The van der Waals surface area contributed by atoms with Gasteiger partial charge >= 0.3 is 0 Å². The normalized spacial score (nSPS) is 12.0. The molecule has 0 aliphatic heterocycles. The van der Waals surface area contributed by atoms with Gasteiger partial charge in [-0.2, -0.15) is 5.26 Å². The minimum atomic E-state index is -0.601. The maximum absolute atomic E-state index is 9.55.